The number of esters is 2. The molecule has 0 saturated heterocycles. The van der Waals surface area contributed by atoms with Gasteiger partial charge in [0.2, 0.25) is 0 Å². The quantitative estimate of drug-likeness (QED) is 0.215. The molecule has 8 nitrogen and oxygen atoms in total. The number of aryl methyl sites for hydroxylation is 1. The summed E-state index contributed by atoms with van der Waals surface area (Å²) in [6.07, 6.45) is 0. The fourth-order valence-corrected chi connectivity index (χ4v) is 4.26. The van der Waals surface area contributed by atoms with E-state index < -0.39 is 11.9 Å². The number of carbonyl (C=O) groups excluding carboxylic acids is 2. The minimum atomic E-state index is -0.535. The summed E-state index contributed by atoms with van der Waals surface area (Å²) in [6, 6.07) is 24.2. The van der Waals surface area contributed by atoms with Gasteiger partial charge in [0, 0.05) is 10.8 Å². The number of nitrogens with zero attached hydrogens (tertiary/aromatic N) is 2. The van der Waals surface area contributed by atoms with E-state index in [1.54, 1.807) is 19.2 Å². The van der Waals surface area contributed by atoms with E-state index in [0.717, 1.165) is 21.9 Å². The predicted molar refractivity (Wildman–Crippen MR) is 153 cm³/mol. The lowest BCUT2D eigenvalue weighted by Crippen LogP contribution is -2.05. The minimum Gasteiger partial charge on any atom is -0.494 e. The lowest BCUT2D eigenvalue weighted by molar-refractivity contribution is 0.0585. The second-order valence-electron chi connectivity index (χ2n) is 8.58. The summed E-state index contributed by atoms with van der Waals surface area (Å²) in [5, 5.41) is 2.13. The van der Waals surface area contributed by atoms with Crippen molar-refractivity contribution in [3.05, 3.63) is 106 Å². The number of para-hydroxylation sites is 2. The van der Waals surface area contributed by atoms with Gasteiger partial charge in [0.1, 0.15) is 34.8 Å². The van der Waals surface area contributed by atoms with Crippen LogP contribution in [0, 0.1) is 6.92 Å². The zero-order valence-electron chi connectivity index (χ0n) is 22.4. The number of ether oxygens (including phenoxy) is 4. The molecular formula is C31H27ClN2O6. The monoisotopic (exact) mass is 558 g/mol. The Labute approximate surface area is 236 Å². The number of aromatic nitrogens is 2. The van der Waals surface area contributed by atoms with E-state index in [0.29, 0.717) is 39.9 Å². The van der Waals surface area contributed by atoms with E-state index in [-0.39, 0.29) is 5.69 Å². The van der Waals surface area contributed by atoms with Crippen molar-refractivity contribution >= 4 is 45.3 Å². The number of methoxy groups -OCH3 is 3. The maximum Gasteiger partial charge on any atom is 0.356 e. The van der Waals surface area contributed by atoms with Gasteiger partial charge in [-0.3, -0.25) is 0 Å². The highest BCUT2D eigenvalue weighted by molar-refractivity contribution is 6.35. The van der Waals surface area contributed by atoms with E-state index >= 15 is 0 Å². The largest absolute Gasteiger partial charge is 0.494 e. The van der Waals surface area contributed by atoms with Crippen molar-refractivity contribution in [2.45, 2.75) is 13.5 Å². The van der Waals surface area contributed by atoms with Gasteiger partial charge >= 0.3 is 11.9 Å². The average molecular weight is 559 g/mol. The van der Waals surface area contributed by atoms with E-state index in [4.69, 9.17) is 25.8 Å². The normalized spacial score (nSPS) is 10.4. The van der Waals surface area contributed by atoms with Crippen LogP contribution in [0.5, 0.6) is 11.5 Å². The molecule has 204 valence electrons. The van der Waals surface area contributed by atoms with Crippen LogP contribution in [-0.4, -0.2) is 43.2 Å². The maximum absolute atomic E-state index is 11.7. The first-order valence-corrected chi connectivity index (χ1v) is 12.6. The zero-order valence-corrected chi connectivity index (χ0v) is 23.2. The highest BCUT2D eigenvalue weighted by Crippen LogP contribution is 2.31. The van der Waals surface area contributed by atoms with Crippen LogP contribution in [0.4, 0.5) is 0 Å². The Balaban J connectivity index is 0.000000194. The summed E-state index contributed by atoms with van der Waals surface area (Å²) >= 11 is 6.25. The van der Waals surface area contributed by atoms with Crippen LogP contribution in [0.1, 0.15) is 32.1 Å². The number of pyridine rings is 2. The third-order valence-electron chi connectivity index (χ3n) is 6.01. The van der Waals surface area contributed by atoms with Gasteiger partial charge in [-0.05, 0) is 42.3 Å². The van der Waals surface area contributed by atoms with E-state index in [9.17, 15) is 9.59 Å². The molecule has 2 heterocycles. The molecule has 5 aromatic rings. The van der Waals surface area contributed by atoms with Gasteiger partial charge in [0.25, 0.3) is 0 Å². The van der Waals surface area contributed by atoms with Crippen LogP contribution in [0.3, 0.4) is 0 Å². The summed E-state index contributed by atoms with van der Waals surface area (Å²) in [6.45, 7) is 2.33. The van der Waals surface area contributed by atoms with Gasteiger partial charge in [0.05, 0.1) is 26.4 Å². The third-order valence-corrected chi connectivity index (χ3v) is 6.32. The number of fused-ring (bicyclic) bond motifs is 2. The Morgan fingerprint density at radius 1 is 0.725 bits per heavy atom. The number of halogens is 1. The highest BCUT2D eigenvalue weighted by Gasteiger charge is 2.15. The average Bonchev–Trinajstić information content (AvgIpc) is 2.99. The molecule has 0 unspecified atom stereocenters. The molecule has 0 fully saturated rings. The fraction of sp³-hybridized carbons (Fsp3) is 0.161. The molecule has 0 aliphatic carbocycles. The van der Waals surface area contributed by atoms with Crippen LogP contribution in [0.15, 0.2) is 78.9 Å². The molecule has 5 rings (SSSR count). The number of hydrogen-bond donors (Lipinski definition) is 0. The van der Waals surface area contributed by atoms with Crippen molar-refractivity contribution in [2.24, 2.45) is 0 Å². The summed E-state index contributed by atoms with van der Waals surface area (Å²) < 4.78 is 20.5. The molecule has 0 bridgehead atoms. The lowest BCUT2D eigenvalue weighted by Gasteiger charge is -2.10. The molecule has 0 aliphatic heterocycles. The summed E-state index contributed by atoms with van der Waals surface area (Å²) in [4.78, 5) is 31.8. The standard InChI is InChI=1S/C18H14ClNO3.C13H13NO3/c1-22-18(21)15-10-14(19)13-8-5-9-16(17(13)20-15)23-11-12-6-3-2-4-7-12;1-8-7-10(13(15)17-3)14-12-9(8)5-4-6-11(12)16-2/h2-10H,11H2,1H3;4-7H,1-3H3. The SMILES string of the molecule is COC(=O)c1cc(C)c2cccc(OC)c2n1.COC(=O)c1cc(Cl)c2cccc(OCc3ccccc3)c2n1. The highest BCUT2D eigenvalue weighted by atomic mass is 35.5. The number of rotatable bonds is 6. The number of carbonyl (C=O) groups is 2. The van der Waals surface area contributed by atoms with E-state index in [2.05, 4.69) is 14.7 Å². The van der Waals surface area contributed by atoms with Gasteiger partial charge in [-0.2, -0.15) is 0 Å². The van der Waals surface area contributed by atoms with Crippen LogP contribution in [0.25, 0.3) is 21.8 Å². The smallest absolute Gasteiger partial charge is 0.356 e. The van der Waals surface area contributed by atoms with Crippen LogP contribution >= 0.6 is 11.6 Å². The van der Waals surface area contributed by atoms with Crippen molar-refractivity contribution in [1.29, 1.82) is 0 Å². The first-order chi connectivity index (χ1) is 19.4. The Morgan fingerprint density at radius 2 is 1.30 bits per heavy atom. The van der Waals surface area contributed by atoms with Gasteiger partial charge in [0.15, 0.2) is 5.69 Å². The van der Waals surface area contributed by atoms with Crippen molar-refractivity contribution in [3.63, 3.8) is 0 Å². The van der Waals surface area contributed by atoms with Crippen molar-refractivity contribution in [2.75, 3.05) is 21.3 Å². The van der Waals surface area contributed by atoms with E-state index in [1.807, 2.05) is 67.6 Å². The van der Waals surface area contributed by atoms with Crippen molar-refractivity contribution in [1.82, 2.24) is 9.97 Å². The fourth-order valence-electron chi connectivity index (χ4n) is 4.01. The molecule has 3 aromatic carbocycles. The van der Waals surface area contributed by atoms with Crippen LogP contribution < -0.4 is 9.47 Å². The zero-order chi connectivity index (χ0) is 28.6. The number of hydrogen-bond acceptors (Lipinski definition) is 8. The van der Waals surface area contributed by atoms with Gasteiger partial charge in [-0.1, -0.05) is 66.2 Å². The topological polar surface area (TPSA) is 96.8 Å². The number of benzene rings is 3. The third kappa shape index (κ3) is 6.30. The van der Waals surface area contributed by atoms with Crippen LogP contribution in [0.2, 0.25) is 5.02 Å². The maximum atomic E-state index is 11.7. The summed E-state index contributed by atoms with van der Waals surface area (Å²) in [7, 11) is 4.22. The predicted octanol–water partition coefficient (Wildman–Crippen LogP) is 6.59. The molecule has 0 spiro atoms. The summed E-state index contributed by atoms with van der Waals surface area (Å²) in [5.41, 5.74) is 3.67. The Kier molecular flexibility index (Phi) is 9.14. The summed E-state index contributed by atoms with van der Waals surface area (Å²) in [5.74, 6) is 0.239. The molecular weight excluding hydrogens is 532 g/mol. The van der Waals surface area contributed by atoms with Crippen LogP contribution in [-0.2, 0) is 16.1 Å². The molecule has 0 radical (unpaired) electrons. The lowest BCUT2D eigenvalue weighted by atomic mass is 10.1. The molecule has 2 aromatic heterocycles. The first-order valence-electron chi connectivity index (χ1n) is 12.2. The molecule has 0 saturated carbocycles. The minimum absolute atomic E-state index is 0.153. The van der Waals surface area contributed by atoms with Gasteiger partial charge in [-0.25, -0.2) is 19.6 Å². The van der Waals surface area contributed by atoms with Gasteiger partial charge < -0.3 is 18.9 Å². The Hall–Kier alpha value is -4.69. The molecule has 0 atom stereocenters. The van der Waals surface area contributed by atoms with Crippen molar-refractivity contribution < 1.29 is 28.5 Å². The first kappa shape index (κ1) is 28.3. The Morgan fingerprint density at radius 3 is 1.93 bits per heavy atom. The van der Waals surface area contributed by atoms with Gasteiger partial charge in [-0.15, -0.1) is 0 Å². The molecule has 9 heteroatoms. The van der Waals surface area contributed by atoms with E-state index in [1.165, 1.54) is 20.3 Å². The second kappa shape index (κ2) is 12.9. The second-order valence-corrected chi connectivity index (χ2v) is 8.99. The molecule has 0 aliphatic rings. The molecule has 40 heavy (non-hydrogen) atoms. The Bertz CT molecular complexity index is 1670. The van der Waals surface area contributed by atoms with Crippen molar-refractivity contribution in [3.8, 4) is 11.5 Å². The molecule has 0 amide bonds. The molecule has 0 N–H and O–H groups in total.